The van der Waals surface area contributed by atoms with E-state index in [1.54, 1.807) is 25.4 Å². The van der Waals surface area contributed by atoms with E-state index < -0.39 is 0 Å². The second-order valence-electron chi connectivity index (χ2n) is 4.50. The molecule has 2 aromatic rings. The fraction of sp³-hybridized carbons (Fsp3) is 0.417. The Bertz CT molecular complexity index is 583. The predicted molar refractivity (Wildman–Crippen MR) is 65.9 cm³/mol. The molecule has 1 N–H and O–H groups in total. The summed E-state index contributed by atoms with van der Waals surface area (Å²) in [5.41, 5.74) is 0.895. The van der Waals surface area contributed by atoms with Crippen molar-refractivity contribution in [3.8, 4) is 0 Å². The fourth-order valence-electron chi connectivity index (χ4n) is 2.00. The summed E-state index contributed by atoms with van der Waals surface area (Å²) in [4.78, 5) is 11.9. The number of nitrogens with zero attached hydrogens (tertiary/aromatic N) is 3. The van der Waals surface area contributed by atoms with Crippen LogP contribution in [0, 0.1) is 6.92 Å². The van der Waals surface area contributed by atoms with E-state index in [0.29, 0.717) is 18.1 Å². The molecule has 0 aromatic carbocycles. The highest BCUT2D eigenvalue weighted by atomic mass is 16.5. The van der Waals surface area contributed by atoms with Crippen molar-refractivity contribution in [3.05, 3.63) is 29.9 Å². The number of carbonyl (C=O) groups is 1. The van der Waals surface area contributed by atoms with Gasteiger partial charge in [-0.2, -0.15) is 5.10 Å². The molecule has 7 heteroatoms. The smallest absolute Gasteiger partial charge is 0.277 e. The number of amides is 1. The van der Waals surface area contributed by atoms with Gasteiger partial charge >= 0.3 is 0 Å². The van der Waals surface area contributed by atoms with Crippen LogP contribution in [0.2, 0.25) is 0 Å². The number of hydrogen-bond acceptors (Lipinski definition) is 5. The second kappa shape index (κ2) is 4.85. The van der Waals surface area contributed by atoms with Crippen LogP contribution in [0.15, 0.2) is 23.0 Å². The summed E-state index contributed by atoms with van der Waals surface area (Å²) in [6, 6.07) is 1.84. The van der Waals surface area contributed by atoms with Crippen LogP contribution in [0.4, 0.5) is 5.69 Å². The van der Waals surface area contributed by atoms with Crippen LogP contribution in [-0.4, -0.2) is 34.1 Å². The molecule has 1 aliphatic rings. The normalized spacial score (nSPS) is 18.7. The van der Waals surface area contributed by atoms with Gasteiger partial charge in [0.2, 0.25) is 0 Å². The first-order valence-corrected chi connectivity index (χ1v) is 6.09. The van der Waals surface area contributed by atoms with Gasteiger partial charge in [-0.15, -0.1) is 0 Å². The summed E-state index contributed by atoms with van der Waals surface area (Å²) in [6.07, 6.45) is 4.35. The predicted octanol–water partition coefficient (Wildman–Crippen LogP) is 1.39. The molecule has 3 heterocycles. The summed E-state index contributed by atoms with van der Waals surface area (Å²) in [5, 5.41) is 10.6. The third-order valence-electron chi connectivity index (χ3n) is 3.00. The lowest BCUT2D eigenvalue weighted by molar-refractivity contribution is 0.101. The van der Waals surface area contributed by atoms with Crippen LogP contribution in [-0.2, 0) is 4.74 Å². The Kier molecular flexibility index (Phi) is 3.04. The molecule has 0 unspecified atom stereocenters. The zero-order chi connectivity index (χ0) is 13.2. The molecule has 1 atom stereocenters. The lowest BCUT2D eigenvalue weighted by Gasteiger charge is -2.06. The zero-order valence-corrected chi connectivity index (χ0v) is 10.5. The summed E-state index contributed by atoms with van der Waals surface area (Å²) < 4.78 is 12.0. The first kappa shape index (κ1) is 11.9. The molecule has 7 nitrogen and oxygen atoms in total. The molecule has 1 saturated heterocycles. The van der Waals surface area contributed by atoms with Crippen molar-refractivity contribution in [2.24, 2.45) is 0 Å². The standard InChI is InChI=1S/C12H14N4O3/c1-8-4-11(15-19-8)12(17)14-9-5-13-16(6-9)10-2-3-18-7-10/h4-6,10H,2-3,7H2,1H3,(H,14,17)/t10-/m1/s1. The van der Waals surface area contributed by atoms with E-state index in [0.717, 1.165) is 13.0 Å². The third-order valence-corrected chi connectivity index (χ3v) is 3.00. The van der Waals surface area contributed by atoms with Gasteiger partial charge in [0.25, 0.3) is 5.91 Å². The van der Waals surface area contributed by atoms with Crippen molar-refractivity contribution in [3.63, 3.8) is 0 Å². The lowest BCUT2D eigenvalue weighted by Crippen LogP contribution is -2.12. The minimum atomic E-state index is -0.306. The second-order valence-corrected chi connectivity index (χ2v) is 4.50. The van der Waals surface area contributed by atoms with E-state index in [-0.39, 0.29) is 17.6 Å². The van der Waals surface area contributed by atoms with Gasteiger partial charge in [0, 0.05) is 18.9 Å². The Hall–Kier alpha value is -2.15. The number of anilines is 1. The monoisotopic (exact) mass is 262 g/mol. The average molecular weight is 262 g/mol. The highest BCUT2D eigenvalue weighted by Gasteiger charge is 2.19. The van der Waals surface area contributed by atoms with Crippen LogP contribution in [0.25, 0.3) is 0 Å². The summed E-state index contributed by atoms with van der Waals surface area (Å²) in [6.45, 7) is 3.16. The number of aryl methyl sites for hydroxylation is 1. The van der Waals surface area contributed by atoms with Crippen molar-refractivity contribution in [1.82, 2.24) is 14.9 Å². The molecule has 1 aliphatic heterocycles. The molecular formula is C12H14N4O3. The van der Waals surface area contributed by atoms with Crippen molar-refractivity contribution in [2.45, 2.75) is 19.4 Å². The highest BCUT2D eigenvalue weighted by molar-refractivity contribution is 6.02. The number of hydrogen-bond donors (Lipinski definition) is 1. The van der Waals surface area contributed by atoms with Crippen molar-refractivity contribution >= 4 is 11.6 Å². The maximum atomic E-state index is 11.9. The summed E-state index contributed by atoms with van der Waals surface area (Å²) in [7, 11) is 0. The van der Waals surface area contributed by atoms with Crippen molar-refractivity contribution in [1.29, 1.82) is 0 Å². The zero-order valence-electron chi connectivity index (χ0n) is 10.5. The van der Waals surface area contributed by atoms with E-state index in [2.05, 4.69) is 15.6 Å². The molecule has 0 spiro atoms. The van der Waals surface area contributed by atoms with Gasteiger partial charge in [-0.3, -0.25) is 9.48 Å². The molecule has 2 aromatic heterocycles. The SMILES string of the molecule is Cc1cc(C(=O)Nc2cnn([C@@H]3CCOC3)c2)no1. The maximum Gasteiger partial charge on any atom is 0.277 e. The number of aromatic nitrogens is 3. The van der Waals surface area contributed by atoms with Gasteiger partial charge in [0.15, 0.2) is 5.69 Å². The fourth-order valence-corrected chi connectivity index (χ4v) is 2.00. The molecule has 0 saturated carbocycles. The number of rotatable bonds is 3. The maximum absolute atomic E-state index is 11.9. The van der Waals surface area contributed by atoms with Crippen LogP contribution in [0.1, 0.15) is 28.7 Å². The van der Waals surface area contributed by atoms with Crippen LogP contribution < -0.4 is 5.32 Å². The Morgan fingerprint density at radius 1 is 1.58 bits per heavy atom. The van der Waals surface area contributed by atoms with Gasteiger partial charge < -0.3 is 14.6 Å². The average Bonchev–Trinajstić information content (AvgIpc) is 3.07. The minimum absolute atomic E-state index is 0.250. The Morgan fingerprint density at radius 3 is 3.16 bits per heavy atom. The van der Waals surface area contributed by atoms with Crippen molar-refractivity contribution in [2.75, 3.05) is 18.5 Å². The lowest BCUT2D eigenvalue weighted by atomic mass is 10.3. The topological polar surface area (TPSA) is 82.2 Å². The first-order valence-electron chi connectivity index (χ1n) is 6.09. The molecule has 0 aliphatic carbocycles. The van der Waals surface area contributed by atoms with Crippen molar-refractivity contribution < 1.29 is 14.1 Å². The molecule has 1 fully saturated rings. The summed E-state index contributed by atoms with van der Waals surface area (Å²) >= 11 is 0. The van der Waals surface area contributed by atoms with E-state index in [1.807, 2.05) is 4.68 Å². The van der Waals surface area contributed by atoms with E-state index >= 15 is 0 Å². The van der Waals surface area contributed by atoms with Crippen LogP contribution >= 0.6 is 0 Å². The number of nitrogens with one attached hydrogen (secondary N) is 1. The first-order chi connectivity index (χ1) is 9.22. The van der Waals surface area contributed by atoms with E-state index in [9.17, 15) is 4.79 Å². The van der Waals surface area contributed by atoms with Crippen LogP contribution in [0.3, 0.4) is 0 Å². The quantitative estimate of drug-likeness (QED) is 0.903. The highest BCUT2D eigenvalue weighted by Crippen LogP contribution is 2.19. The van der Waals surface area contributed by atoms with Gasteiger partial charge in [0.1, 0.15) is 5.76 Å². The van der Waals surface area contributed by atoms with Gasteiger partial charge in [-0.25, -0.2) is 0 Å². The Labute approximate surface area is 109 Å². The Balaban J connectivity index is 1.68. The Morgan fingerprint density at radius 2 is 2.47 bits per heavy atom. The van der Waals surface area contributed by atoms with E-state index in [1.165, 1.54) is 0 Å². The van der Waals surface area contributed by atoms with Gasteiger partial charge in [-0.1, -0.05) is 5.16 Å². The molecule has 19 heavy (non-hydrogen) atoms. The van der Waals surface area contributed by atoms with E-state index in [4.69, 9.17) is 9.26 Å². The molecular weight excluding hydrogens is 248 g/mol. The molecule has 100 valence electrons. The number of ether oxygens (including phenoxy) is 1. The number of carbonyl (C=O) groups excluding carboxylic acids is 1. The van der Waals surface area contributed by atoms with Gasteiger partial charge in [0.05, 0.1) is 24.5 Å². The molecule has 1 amide bonds. The molecule has 0 bridgehead atoms. The minimum Gasteiger partial charge on any atom is -0.379 e. The third kappa shape index (κ3) is 2.50. The molecule has 0 radical (unpaired) electrons. The largest absolute Gasteiger partial charge is 0.379 e. The molecule has 3 rings (SSSR count). The van der Waals surface area contributed by atoms with Gasteiger partial charge in [-0.05, 0) is 13.3 Å². The summed E-state index contributed by atoms with van der Waals surface area (Å²) in [5.74, 6) is 0.294. The van der Waals surface area contributed by atoms with Crippen LogP contribution in [0.5, 0.6) is 0 Å².